The third-order valence-corrected chi connectivity index (χ3v) is 2.51. The van der Waals surface area contributed by atoms with Gasteiger partial charge in [0.25, 0.3) is 5.91 Å². The standard InChI is InChI=1S/C11H14N4O/c1-2-10-13-8-5-3-4-6-9(8)15(10)7-11(16)14-12/h3-6H,2,7,12H2,1H3,(H,14,16). The van der Waals surface area contributed by atoms with Gasteiger partial charge in [0, 0.05) is 6.42 Å². The summed E-state index contributed by atoms with van der Waals surface area (Å²) in [5, 5.41) is 0. The first-order valence-corrected chi connectivity index (χ1v) is 5.20. The molecule has 0 unspecified atom stereocenters. The monoisotopic (exact) mass is 218 g/mol. The molecular weight excluding hydrogens is 204 g/mol. The van der Waals surface area contributed by atoms with E-state index in [4.69, 9.17) is 5.84 Å². The Morgan fingerprint density at radius 3 is 2.94 bits per heavy atom. The van der Waals surface area contributed by atoms with E-state index in [9.17, 15) is 4.79 Å². The van der Waals surface area contributed by atoms with Gasteiger partial charge in [0.2, 0.25) is 0 Å². The van der Waals surface area contributed by atoms with Gasteiger partial charge in [0.05, 0.1) is 11.0 Å². The van der Waals surface area contributed by atoms with Crippen LogP contribution < -0.4 is 11.3 Å². The summed E-state index contributed by atoms with van der Waals surface area (Å²) < 4.78 is 1.89. The van der Waals surface area contributed by atoms with Crippen molar-refractivity contribution in [3.8, 4) is 0 Å². The van der Waals surface area contributed by atoms with Crippen molar-refractivity contribution in [2.24, 2.45) is 5.84 Å². The van der Waals surface area contributed by atoms with E-state index in [1.807, 2.05) is 35.8 Å². The number of nitrogens with zero attached hydrogens (tertiary/aromatic N) is 2. The van der Waals surface area contributed by atoms with Crippen LogP contribution in [0.1, 0.15) is 12.7 Å². The number of nitrogens with one attached hydrogen (secondary N) is 1. The number of rotatable bonds is 3. The van der Waals surface area contributed by atoms with E-state index < -0.39 is 0 Å². The van der Waals surface area contributed by atoms with Gasteiger partial charge in [-0.05, 0) is 12.1 Å². The van der Waals surface area contributed by atoms with Crippen LogP contribution in [0.4, 0.5) is 0 Å². The van der Waals surface area contributed by atoms with Gasteiger partial charge in [-0.1, -0.05) is 19.1 Å². The number of para-hydroxylation sites is 2. The molecule has 5 heteroatoms. The Labute approximate surface area is 93.2 Å². The molecule has 3 N–H and O–H groups in total. The van der Waals surface area contributed by atoms with Crippen LogP contribution in [0, 0.1) is 0 Å². The van der Waals surface area contributed by atoms with Crippen molar-refractivity contribution in [2.75, 3.05) is 0 Å². The summed E-state index contributed by atoms with van der Waals surface area (Å²) in [6.07, 6.45) is 0.784. The first kappa shape index (κ1) is 10.6. The molecule has 84 valence electrons. The van der Waals surface area contributed by atoms with Crippen LogP contribution in [0.5, 0.6) is 0 Å². The SMILES string of the molecule is CCc1nc2ccccc2n1CC(=O)NN. The first-order chi connectivity index (χ1) is 7.76. The highest BCUT2D eigenvalue weighted by molar-refractivity contribution is 5.80. The van der Waals surface area contributed by atoms with Crippen LogP contribution in [-0.2, 0) is 17.8 Å². The molecule has 2 aromatic rings. The Bertz CT molecular complexity index is 518. The third-order valence-electron chi connectivity index (χ3n) is 2.51. The quantitative estimate of drug-likeness (QED) is 0.450. The molecule has 16 heavy (non-hydrogen) atoms. The molecule has 0 radical (unpaired) electrons. The number of hydrogen-bond acceptors (Lipinski definition) is 3. The van der Waals surface area contributed by atoms with E-state index in [-0.39, 0.29) is 12.5 Å². The number of imidazole rings is 1. The number of aromatic nitrogens is 2. The van der Waals surface area contributed by atoms with Crippen LogP contribution in [0.25, 0.3) is 11.0 Å². The van der Waals surface area contributed by atoms with Crippen LogP contribution in [-0.4, -0.2) is 15.5 Å². The summed E-state index contributed by atoms with van der Waals surface area (Å²) in [6, 6.07) is 7.75. The maximum Gasteiger partial charge on any atom is 0.253 e. The number of carbonyl (C=O) groups excluding carboxylic acids is 1. The predicted molar refractivity (Wildman–Crippen MR) is 61.4 cm³/mol. The summed E-state index contributed by atoms with van der Waals surface area (Å²) in [6.45, 7) is 2.22. The molecule has 0 aliphatic rings. The minimum Gasteiger partial charge on any atom is -0.318 e. The Morgan fingerprint density at radius 1 is 1.50 bits per heavy atom. The largest absolute Gasteiger partial charge is 0.318 e. The Kier molecular flexibility index (Phi) is 2.87. The molecule has 0 fully saturated rings. The molecule has 0 atom stereocenters. The van der Waals surface area contributed by atoms with Gasteiger partial charge in [-0.3, -0.25) is 10.2 Å². The van der Waals surface area contributed by atoms with Crippen molar-refractivity contribution in [3.05, 3.63) is 30.1 Å². The number of benzene rings is 1. The van der Waals surface area contributed by atoms with Gasteiger partial charge < -0.3 is 4.57 Å². The molecule has 1 aromatic carbocycles. The van der Waals surface area contributed by atoms with Crippen molar-refractivity contribution in [1.29, 1.82) is 0 Å². The second-order valence-corrected chi connectivity index (χ2v) is 3.52. The predicted octanol–water partition coefficient (Wildman–Crippen LogP) is 0.589. The minimum atomic E-state index is -0.224. The van der Waals surface area contributed by atoms with Crippen LogP contribution in [0.15, 0.2) is 24.3 Å². The summed E-state index contributed by atoms with van der Waals surface area (Å²) >= 11 is 0. The number of hydrogen-bond donors (Lipinski definition) is 2. The number of fused-ring (bicyclic) bond motifs is 1. The lowest BCUT2D eigenvalue weighted by molar-refractivity contribution is -0.121. The second-order valence-electron chi connectivity index (χ2n) is 3.52. The fourth-order valence-electron chi connectivity index (χ4n) is 1.76. The third kappa shape index (κ3) is 1.77. The smallest absolute Gasteiger partial charge is 0.253 e. The van der Waals surface area contributed by atoms with Crippen molar-refractivity contribution in [3.63, 3.8) is 0 Å². The molecule has 0 spiro atoms. The van der Waals surface area contributed by atoms with E-state index in [0.29, 0.717) is 0 Å². The van der Waals surface area contributed by atoms with Crippen molar-refractivity contribution < 1.29 is 4.79 Å². The molecular formula is C11H14N4O. The zero-order chi connectivity index (χ0) is 11.5. The highest BCUT2D eigenvalue weighted by Crippen LogP contribution is 2.15. The number of amides is 1. The van der Waals surface area contributed by atoms with E-state index in [1.54, 1.807) is 0 Å². The molecule has 0 aliphatic carbocycles. The topological polar surface area (TPSA) is 72.9 Å². The van der Waals surface area contributed by atoms with Gasteiger partial charge in [-0.25, -0.2) is 10.8 Å². The van der Waals surface area contributed by atoms with Crippen molar-refractivity contribution in [2.45, 2.75) is 19.9 Å². The van der Waals surface area contributed by atoms with E-state index in [1.165, 1.54) is 0 Å². The van der Waals surface area contributed by atoms with Crippen LogP contribution in [0.3, 0.4) is 0 Å². The van der Waals surface area contributed by atoms with E-state index >= 15 is 0 Å². The Balaban J connectivity index is 2.51. The van der Waals surface area contributed by atoms with Crippen LogP contribution >= 0.6 is 0 Å². The number of nitrogens with two attached hydrogens (primary N) is 1. The number of aryl methyl sites for hydroxylation is 1. The summed E-state index contributed by atoms with van der Waals surface area (Å²) in [7, 11) is 0. The molecule has 0 saturated carbocycles. The van der Waals surface area contributed by atoms with Crippen molar-refractivity contribution in [1.82, 2.24) is 15.0 Å². The second kappa shape index (κ2) is 4.32. The van der Waals surface area contributed by atoms with E-state index in [2.05, 4.69) is 10.4 Å². The van der Waals surface area contributed by atoms with Gasteiger partial charge in [0.1, 0.15) is 12.4 Å². The molecule has 5 nitrogen and oxygen atoms in total. The summed E-state index contributed by atoms with van der Waals surface area (Å²) in [5.74, 6) is 5.76. The molecule has 0 bridgehead atoms. The first-order valence-electron chi connectivity index (χ1n) is 5.20. The fraction of sp³-hybridized carbons (Fsp3) is 0.273. The summed E-state index contributed by atoms with van der Waals surface area (Å²) in [4.78, 5) is 15.8. The highest BCUT2D eigenvalue weighted by atomic mass is 16.2. The maximum atomic E-state index is 11.3. The minimum absolute atomic E-state index is 0.209. The zero-order valence-corrected chi connectivity index (χ0v) is 9.10. The Hall–Kier alpha value is -1.88. The average Bonchev–Trinajstić information content (AvgIpc) is 2.67. The van der Waals surface area contributed by atoms with Gasteiger partial charge >= 0.3 is 0 Å². The molecule has 1 heterocycles. The van der Waals surface area contributed by atoms with Crippen molar-refractivity contribution >= 4 is 16.9 Å². The van der Waals surface area contributed by atoms with E-state index in [0.717, 1.165) is 23.3 Å². The lowest BCUT2D eigenvalue weighted by Crippen LogP contribution is -2.33. The molecule has 1 amide bonds. The van der Waals surface area contributed by atoms with Gasteiger partial charge in [-0.2, -0.15) is 0 Å². The lowest BCUT2D eigenvalue weighted by Gasteiger charge is -2.06. The van der Waals surface area contributed by atoms with Gasteiger partial charge in [-0.15, -0.1) is 0 Å². The molecule has 1 aromatic heterocycles. The molecule has 2 rings (SSSR count). The summed E-state index contributed by atoms with van der Waals surface area (Å²) in [5.41, 5.74) is 4.00. The van der Waals surface area contributed by atoms with Gasteiger partial charge in [0.15, 0.2) is 0 Å². The average molecular weight is 218 g/mol. The lowest BCUT2D eigenvalue weighted by atomic mass is 10.3. The number of carbonyl (C=O) groups is 1. The highest BCUT2D eigenvalue weighted by Gasteiger charge is 2.10. The maximum absolute atomic E-state index is 11.3. The Morgan fingerprint density at radius 2 is 2.25 bits per heavy atom. The molecule has 0 aliphatic heterocycles. The van der Waals surface area contributed by atoms with Crippen LogP contribution in [0.2, 0.25) is 0 Å². The molecule has 0 saturated heterocycles. The zero-order valence-electron chi connectivity index (χ0n) is 9.10. The normalized spacial score (nSPS) is 10.6. The fourth-order valence-corrected chi connectivity index (χ4v) is 1.76. The number of hydrazine groups is 1.